The van der Waals surface area contributed by atoms with Crippen molar-refractivity contribution >= 4 is 28.4 Å². The van der Waals surface area contributed by atoms with E-state index in [1.807, 2.05) is 0 Å². The molecule has 5 nitrogen and oxygen atoms in total. The Kier molecular flexibility index (Phi) is 6.23. The normalized spacial score (nSPS) is 11.8. The molecule has 0 fully saturated rings. The van der Waals surface area contributed by atoms with Crippen molar-refractivity contribution in [2.45, 2.75) is 12.2 Å². The highest BCUT2D eigenvalue weighted by molar-refractivity contribution is 7.83. The zero-order chi connectivity index (χ0) is 17.7. The smallest absolute Gasteiger partial charge is 0.307 e. The van der Waals surface area contributed by atoms with Gasteiger partial charge in [-0.2, -0.15) is 0 Å². The molecule has 0 heterocycles. The first kappa shape index (κ1) is 18.3. The summed E-state index contributed by atoms with van der Waals surface area (Å²) in [5, 5.41) is 9.45. The number of hydrogen-bond acceptors (Lipinski definition) is 4. The molecule has 2 aromatic rings. The summed E-state index contributed by atoms with van der Waals surface area (Å²) in [4.78, 5) is 10.9. The van der Waals surface area contributed by atoms with E-state index in [9.17, 15) is 9.00 Å². The van der Waals surface area contributed by atoms with Gasteiger partial charge in [0.05, 0.1) is 19.3 Å². The number of benzene rings is 2. The Hall–Kier alpha value is -2.05. The maximum absolute atomic E-state index is 11.6. The van der Waals surface area contributed by atoms with Crippen molar-refractivity contribution in [3.05, 3.63) is 52.5 Å². The topological polar surface area (TPSA) is 72.8 Å². The van der Waals surface area contributed by atoms with Gasteiger partial charge in [0.2, 0.25) is 0 Å². The molecule has 2 aromatic carbocycles. The van der Waals surface area contributed by atoms with Gasteiger partial charge < -0.3 is 14.6 Å². The van der Waals surface area contributed by atoms with Crippen LogP contribution < -0.4 is 9.47 Å². The molecule has 2 rings (SSSR count). The monoisotopic (exact) mass is 368 g/mol. The molecule has 1 atom stereocenters. The lowest BCUT2D eigenvalue weighted by molar-refractivity contribution is -0.136. The third kappa shape index (κ3) is 4.97. The number of aliphatic carboxylic acids is 1. The Morgan fingerprint density at radius 3 is 2.50 bits per heavy atom. The molecule has 0 saturated carbocycles. The lowest BCUT2D eigenvalue weighted by Crippen LogP contribution is -2.01. The quantitative estimate of drug-likeness (QED) is 0.807. The van der Waals surface area contributed by atoms with Gasteiger partial charge in [-0.25, -0.2) is 0 Å². The van der Waals surface area contributed by atoms with Crippen molar-refractivity contribution in [3.8, 4) is 17.2 Å². The minimum atomic E-state index is -1.06. The number of carboxylic acid groups (broad SMARTS) is 1. The number of carboxylic acids is 1. The van der Waals surface area contributed by atoms with E-state index in [-0.39, 0.29) is 6.42 Å². The van der Waals surface area contributed by atoms with Crippen LogP contribution in [0.3, 0.4) is 0 Å². The predicted molar refractivity (Wildman–Crippen MR) is 93.6 cm³/mol. The van der Waals surface area contributed by atoms with Gasteiger partial charge in [0, 0.05) is 27.6 Å². The molecular weight excluding hydrogens is 352 g/mol. The summed E-state index contributed by atoms with van der Waals surface area (Å²) in [7, 11) is 0.443. The van der Waals surface area contributed by atoms with E-state index in [0.717, 1.165) is 0 Å². The number of ether oxygens (including phenoxy) is 2. The third-order valence-corrected chi connectivity index (χ3v) is 4.14. The summed E-state index contributed by atoms with van der Waals surface area (Å²) in [5.41, 5.74) is 1.29. The molecule has 0 aliphatic carbocycles. The first-order valence-electron chi connectivity index (χ1n) is 7.04. The zero-order valence-corrected chi connectivity index (χ0v) is 14.8. The molecule has 1 unspecified atom stereocenters. The summed E-state index contributed by atoms with van der Waals surface area (Å²) in [6.07, 6.45) is 1.48. The van der Waals surface area contributed by atoms with E-state index in [1.165, 1.54) is 7.11 Å². The van der Waals surface area contributed by atoms with Gasteiger partial charge in [0.15, 0.2) is 11.5 Å². The Labute approximate surface area is 147 Å². The van der Waals surface area contributed by atoms with Gasteiger partial charge in [0.25, 0.3) is 0 Å². The van der Waals surface area contributed by atoms with Crippen molar-refractivity contribution in [3.63, 3.8) is 0 Å². The van der Waals surface area contributed by atoms with Gasteiger partial charge in [-0.15, -0.1) is 0 Å². The second kappa shape index (κ2) is 8.17. The van der Waals surface area contributed by atoms with E-state index in [1.54, 1.807) is 42.7 Å². The largest absolute Gasteiger partial charge is 0.493 e. The van der Waals surface area contributed by atoms with Crippen LogP contribution in [0.4, 0.5) is 0 Å². The molecule has 0 aliphatic heterocycles. The summed E-state index contributed by atoms with van der Waals surface area (Å²) in [6, 6.07) is 10.0. The lowest BCUT2D eigenvalue weighted by atomic mass is 10.1. The van der Waals surface area contributed by atoms with Crippen molar-refractivity contribution in [1.29, 1.82) is 0 Å². The van der Waals surface area contributed by atoms with E-state index in [4.69, 9.17) is 26.2 Å². The number of hydrogen-bond donors (Lipinski definition) is 1. The number of rotatable bonds is 7. The minimum absolute atomic E-state index is 0.118. The average Bonchev–Trinajstić information content (AvgIpc) is 2.49. The van der Waals surface area contributed by atoms with E-state index in [0.29, 0.717) is 39.2 Å². The highest BCUT2D eigenvalue weighted by Crippen LogP contribution is 2.35. The highest BCUT2D eigenvalue weighted by Gasteiger charge is 2.13. The molecule has 0 spiro atoms. The first-order valence-corrected chi connectivity index (χ1v) is 9.14. The second-order valence-corrected chi connectivity index (χ2v) is 7.00. The van der Waals surface area contributed by atoms with Gasteiger partial charge in [-0.3, -0.25) is 9.00 Å². The summed E-state index contributed by atoms with van der Waals surface area (Å²) in [5.74, 6) is 0.733. The van der Waals surface area contributed by atoms with Gasteiger partial charge in [0.1, 0.15) is 5.75 Å². The predicted octanol–water partition coefficient (Wildman–Crippen LogP) is 3.65. The molecule has 0 amide bonds. The SMILES string of the molecule is COc1ccc(CC(=O)O)cc1Oc1ccc(Cl)cc1CS(C)=O. The molecule has 0 saturated heterocycles. The lowest BCUT2D eigenvalue weighted by Gasteiger charge is -2.14. The second-order valence-electron chi connectivity index (χ2n) is 5.13. The molecule has 0 aromatic heterocycles. The van der Waals surface area contributed by atoms with Crippen LogP contribution in [0.1, 0.15) is 11.1 Å². The van der Waals surface area contributed by atoms with Gasteiger partial charge >= 0.3 is 5.97 Å². The molecule has 128 valence electrons. The summed E-state index contributed by atoms with van der Waals surface area (Å²) in [6.45, 7) is 0. The number of halogens is 1. The Morgan fingerprint density at radius 1 is 1.17 bits per heavy atom. The van der Waals surface area contributed by atoms with Crippen LogP contribution >= 0.6 is 11.6 Å². The van der Waals surface area contributed by atoms with Crippen LogP contribution in [-0.4, -0.2) is 28.7 Å². The van der Waals surface area contributed by atoms with Gasteiger partial charge in [-0.1, -0.05) is 17.7 Å². The van der Waals surface area contributed by atoms with Gasteiger partial charge in [-0.05, 0) is 35.9 Å². The fourth-order valence-electron chi connectivity index (χ4n) is 2.18. The molecular formula is C17H17ClO5S. The van der Waals surface area contributed by atoms with Crippen LogP contribution in [0.5, 0.6) is 17.2 Å². The van der Waals surface area contributed by atoms with E-state index < -0.39 is 16.8 Å². The van der Waals surface area contributed by atoms with Crippen LogP contribution in [0.2, 0.25) is 5.02 Å². The van der Waals surface area contributed by atoms with Crippen molar-refractivity contribution < 1.29 is 23.6 Å². The summed E-state index contributed by atoms with van der Waals surface area (Å²) < 4.78 is 22.7. The molecule has 0 aliphatic rings. The zero-order valence-electron chi connectivity index (χ0n) is 13.2. The minimum Gasteiger partial charge on any atom is -0.493 e. The Morgan fingerprint density at radius 2 is 1.88 bits per heavy atom. The average molecular weight is 369 g/mol. The fourth-order valence-corrected chi connectivity index (χ4v) is 3.04. The number of methoxy groups -OCH3 is 1. The molecule has 7 heteroatoms. The highest BCUT2D eigenvalue weighted by atomic mass is 35.5. The fraction of sp³-hybridized carbons (Fsp3) is 0.235. The van der Waals surface area contributed by atoms with Crippen LogP contribution in [-0.2, 0) is 27.8 Å². The van der Waals surface area contributed by atoms with E-state index in [2.05, 4.69) is 0 Å². The van der Waals surface area contributed by atoms with Crippen molar-refractivity contribution in [2.24, 2.45) is 0 Å². The third-order valence-electron chi connectivity index (χ3n) is 3.18. The van der Waals surface area contributed by atoms with Crippen molar-refractivity contribution in [1.82, 2.24) is 0 Å². The summed E-state index contributed by atoms with van der Waals surface area (Å²) >= 11 is 6.00. The van der Waals surface area contributed by atoms with Crippen molar-refractivity contribution in [2.75, 3.05) is 13.4 Å². The maximum Gasteiger partial charge on any atom is 0.307 e. The Bertz CT molecular complexity index is 776. The molecule has 0 radical (unpaired) electrons. The first-order chi connectivity index (χ1) is 11.4. The standard InChI is InChI=1S/C17H17ClO5S/c1-22-15-5-3-11(8-17(19)20)7-16(15)23-14-6-4-13(18)9-12(14)10-24(2)21/h3-7,9H,8,10H2,1-2H3,(H,19,20). The van der Waals surface area contributed by atoms with Crippen LogP contribution in [0, 0.1) is 0 Å². The van der Waals surface area contributed by atoms with Crippen LogP contribution in [0.25, 0.3) is 0 Å². The maximum atomic E-state index is 11.6. The Balaban J connectivity index is 2.39. The molecule has 1 N–H and O–H groups in total. The molecule has 0 bridgehead atoms. The molecule has 24 heavy (non-hydrogen) atoms. The van der Waals surface area contributed by atoms with Crippen LogP contribution in [0.15, 0.2) is 36.4 Å². The number of carbonyl (C=O) groups is 1. The van der Waals surface area contributed by atoms with E-state index >= 15 is 0 Å².